The quantitative estimate of drug-likeness (QED) is 0.677. The number of ether oxygens (including phenoxy) is 1. The lowest BCUT2D eigenvalue weighted by atomic mass is 10.1. The van der Waals surface area contributed by atoms with Crippen LogP contribution in [0.2, 0.25) is 5.02 Å². The molecule has 0 bridgehead atoms. The van der Waals surface area contributed by atoms with Gasteiger partial charge in [-0.15, -0.1) is 0 Å². The van der Waals surface area contributed by atoms with Crippen LogP contribution in [0.15, 0.2) is 42.5 Å². The summed E-state index contributed by atoms with van der Waals surface area (Å²) in [4.78, 5) is 22.2. The number of amides is 1. The van der Waals surface area contributed by atoms with E-state index < -0.39 is 10.8 Å². The molecule has 0 aliphatic heterocycles. The van der Waals surface area contributed by atoms with E-state index in [1.807, 2.05) is 12.1 Å². The van der Waals surface area contributed by atoms with Gasteiger partial charge in [0.1, 0.15) is 5.75 Å². The molecule has 6 nitrogen and oxygen atoms in total. The van der Waals surface area contributed by atoms with E-state index in [-0.39, 0.29) is 16.3 Å². The van der Waals surface area contributed by atoms with Gasteiger partial charge in [-0.05, 0) is 23.8 Å². The number of nitrogens with zero attached hydrogens (tertiary/aromatic N) is 1. The predicted molar refractivity (Wildman–Crippen MR) is 82.3 cm³/mol. The first kappa shape index (κ1) is 15.8. The van der Waals surface area contributed by atoms with Gasteiger partial charge in [0.15, 0.2) is 0 Å². The van der Waals surface area contributed by atoms with Crippen molar-refractivity contribution in [3.8, 4) is 5.75 Å². The number of benzene rings is 2. The molecule has 0 radical (unpaired) electrons. The van der Waals surface area contributed by atoms with Crippen LogP contribution in [0.5, 0.6) is 5.75 Å². The Kier molecular flexibility index (Phi) is 4.95. The molecule has 0 saturated carbocycles. The van der Waals surface area contributed by atoms with Gasteiger partial charge in [0.2, 0.25) is 0 Å². The highest BCUT2D eigenvalue weighted by Gasteiger charge is 2.14. The number of halogens is 1. The van der Waals surface area contributed by atoms with Crippen LogP contribution in [0, 0.1) is 10.1 Å². The number of rotatable bonds is 5. The van der Waals surface area contributed by atoms with E-state index >= 15 is 0 Å². The van der Waals surface area contributed by atoms with Crippen molar-refractivity contribution in [2.24, 2.45) is 0 Å². The smallest absolute Gasteiger partial charge is 0.270 e. The van der Waals surface area contributed by atoms with E-state index in [2.05, 4.69) is 5.32 Å². The molecule has 0 saturated heterocycles. The van der Waals surface area contributed by atoms with Crippen LogP contribution in [0.25, 0.3) is 0 Å². The van der Waals surface area contributed by atoms with Crippen molar-refractivity contribution in [3.63, 3.8) is 0 Å². The molecule has 0 fully saturated rings. The van der Waals surface area contributed by atoms with Crippen LogP contribution < -0.4 is 10.1 Å². The van der Waals surface area contributed by atoms with Crippen molar-refractivity contribution < 1.29 is 14.5 Å². The zero-order valence-electron chi connectivity index (χ0n) is 11.7. The van der Waals surface area contributed by atoms with Crippen LogP contribution in [0.4, 0.5) is 5.69 Å². The summed E-state index contributed by atoms with van der Waals surface area (Å²) >= 11 is 5.91. The summed E-state index contributed by atoms with van der Waals surface area (Å²) in [6.45, 7) is 0.295. The van der Waals surface area contributed by atoms with Crippen LogP contribution in [-0.2, 0) is 6.54 Å². The minimum Gasteiger partial charge on any atom is -0.497 e. The summed E-state index contributed by atoms with van der Waals surface area (Å²) < 4.78 is 5.10. The number of methoxy groups -OCH3 is 1. The van der Waals surface area contributed by atoms with Gasteiger partial charge in [-0.25, -0.2) is 0 Å². The van der Waals surface area contributed by atoms with Crippen molar-refractivity contribution in [1.82, 2.24) is 5.32 Å². The third-order valence-corrected chi connectivity index (χ3v) is 3.31. The minimum atomic E-state index is -0.566. The minimum absolute atomic E-state index is 0.0392. The van der Waals surface area contributed by atoms with Gasteiger partial charge in [-0.2, -0.15) is 0 Å². The normalized spacial score (nSPS) is 10.1. The number of hydrogen-bond donors (Lipinski definition) is 1. The monoisotopic (exact) mass is 320 g/mol. The maximum Gasteiger partial charge on any atom is 0.270 e. The molecular weight excluding hydrogens is 308 g/mol. The molecule has 1 N–H and O–H groups in total. The summed E-state index contributed by atoms with van der Waals surface area (Å²) in [6, 6.07) is 11.0. The summed E-state index contributed by atoms with van der Waals surface area (Å²) in [7, 11) is 1.56. The summed E-state index contributed by atoms with van der Waals surface area (Å²) in [5.41, 5.74) is 0.898. The lowest BCUT2D eigenvalue weighted by Crippen LogP contribution is -2.23. The second-order valence-corrected chi connectivity index (χ2v) is 4.86. The number of carbonyl (C=O) groups excluding carboxylic acids is 1. The zero-order valence-corrected chi connectivity index (χ0v) is 12.5. The Hall–Kier alpha value is -2.60. The molecule has 2 aromatic rings. The van der Waals surface area contributed by atoms with Crippen LogP contribution in [0.1, 0.15) is 15.9 Å². The number of non-ortho nitro benzene ring substituents is 1. The van der Waals surface area contributed by atoms with E-state index in [0.717, 1.165) is 11.6 Å². The largest absolute Gasteiger partial charge is 0.497 e. The molecule has 0 aromatic heterocycles. The molecule has 0 unspecified atom stereocenters. The van der Waals surface area contributed by atoms with Crippen molar-refractivity contribution in [2.75, 3.05) is 7.11 Å². The number of nitro groups is 1. The molecule has 0 aliphatic carbocycles. The molecule has 2 rings (SSSR count). The lowest BCUT2D eigenvalue weighted by molar-refractivity contribution is -0.384. The van der Waals surface area contributed by atoms with E-state index in [4.69, 9.17) is 16.3 Å². The molecule has 22 heavy (non-hydrogen) atoms. The summed E-state index contributed by atoms with van der Waals surface area (Å²) in [5, 5.41) is 13.4. The number of hydrogen-bond acceptors (Lipinski definition) is 4. The Morgan fingerprint density at radius 1 is 1.32 bits per heavy atom. The highest BCUT2D eigenvalue weighted by Crippen LogP contribution is 2.22. The average Bonchev–Trinajstić information content (AvgIpc) is 2.52. The average molecular weight is 321 g/mol. The predicted octanol–water partition coefficient (Wildman–Crippen LogP) is 3.19. The highest BCUT2D eigenvalue weighted by molar-refractivity contribution is 6.34. The van der Waals surface area contributed by atoms with Crippen LogP contribution in [0.3, 0.4) is 0 Å². The van der Waals surface area contributed by atoms with Gasteiger partial charge in [0.05, 0.1) is 22.6 Å². The SMILES string of the molecule is COc1cccc(CNC(=O)c2ccc([N+](=O)[O-])cc2Cl)c1. The van der Waals surface area contributed by atoms with Crippen molar-refractivity contribution >= 4 is 23.2 Å². The van der Waals surface area contributed by atoms with Crippen LogP contribution >= 0.6 is 11.6 Å². The standard InChI is InChI=1S/C15H13ClN2O4/c1-22-12-4-2-3-10(7-12)9-17-15(19)13-6-5-11(18(20)21)8-14(13)16/h2-8H,9H2,1H3,(H,17,19). The highest BCUT2D eigenvalue weighted by atomic mass is 35.5. The van der Waals surface area contributed by atoms with E-state index in [0.29, 0.717) is 12.3 Å². The van der Waals surface area contributed by atoms with Crippen LogP contribution in [-0.4, -0.2) is 17.9 Å². The second-order valence-electron chi connectivity index (χ2n) is 4.46. The molecule has 7 heteroatoms. The Bertz CT molecular complexity index is 718. The molecule has 0 aliphatic rings. The van der Waals surface area contributed by atoms with Crippen molar-refractivity contribution in [3.05, 3.63) is 68.7 Å². The lowest BCUT2D eigenvalue weighted by Gasteiger charge is -2.08. The Morgan fingerprint density at radius 3 is 2.73 bits per heavy atom. The van der Waals surface area contributed by atoms with Gasteiger partial charge in [-0.1, -0.05) is 23.7 Å². The molecular formula is C15H13ClN2O4. The Labute approximate surface area is 131 Å². The number of carbonyl (C=O) groups is 1. The number of nitrogens with one attached hydrogen (secondary N) is 1. The van der Waals surface area contributed by atoms with Crippen molar-refractivity contribution in [2.45, 2.75) is 6.54 Å². The first-order chi connectivity index (χ1) is 10.5. The van der Waals surface area contributed by atoms with Crippen molar-refractivity contribution in [1.29, 1.82) is 0 Å². The fourth-order valence-corrected chi connectivity index (χ4v) is 2.12. The fraction of sp³-hybridized carbons (Fsp3) is 0.133. The molecule has 0 spiro atoms. The summed E-state index contributed by atoms with van der Waals surface area (Å²) in [5.74, 6) is 0.294. The van der Waals surface area contributed by atoms with Gasteiger partial charge >= 0.3 is 0 Å². The van der Waals surface area contributed by atoms with Gasteiger partial charge in [0.25, 0.3) is 11.6 Å². The topological polar surface area (TPSA) is 81.5 Å². The third-order valence-electron chi connectivity index (χ3n) is 3.00. The van der Waals surface area contributed by atoms with Gasteiger partial charge in [0, 0.05) is 18.7 Å². The first-order valence-electron chi connectivity index (χ1n) is 6.36. The van der Waals surface area contributed by atoms with Gasteiger partial charge in [-0.3, -0.25) is 14.9 Å². The maximum atomic E-state index is 12.1. The zero-order chi connectivity index (χ0) is 16.1. The Balaban J connectivity index is 2.07. The molecule has 114 valence electrons. The number of nitro benzene ring substituents is 1. The van der Waals surface area contributed by atoms with Gasteiger partial charge < -0.3 is 10.1 Å². The third kappa shape index (κ3) is 3.73. The second kappa shape index (κ2) is 6.91. The first-order valence-corrected chi connectivity index (χ1v) is 6.74. The van der Waals surface area contributed by atoms with E-state index in [1.165, 1.54) is 12.1 Å². The Morgan fingerprint density at radius 2 is 2.09 bits per heavy atom. The van der Waals surface area contributed by atoms with E-state index in [9.17, 15) is 14.9 Å². The molecule has 1 amide bonds. The van der Waals surface area contributed by atoms with E-state index in [1.54, 1.807) is 19.2 Å². The molecule has 0 heterocycles. The molecule has 2 aromatic carbocycles. The molecule has 0 atom stereocenters. The summed E-state index contributed by atoms with van der Waals surface area (Å²) in [6.07, 6.45) is 0. The fourth-order valence-electron chi connectivity index (χ4n) is 1.86. The maximum absolute atomic E-state index is 12.1.